The summed E-state index contributed by atoms with van der Waals surface area (Å²) in [6, 6.07) is 3.93. The van der Waals surface area contributed by atoms with Crippen LogP contribution in [0.4, 0.5) is 0 Å². The fourth-order valence-corrected chi connectivity index (χ4v) is 4.06. The number of hydrogen-bond acceptors (Lipinski definition) is 7. The van der Waals surface area contributed by atoms with Gasteiger partial charge in [-0.15, -0.1) is 11.3 Å². The molecule has 1 fully saturated rings. The van der Waals surface area contributed by atoms with Crippen molar-refractivity contribution in [1.29, 1.82) is 0 Å². The quantitative estimate of drug-likeness (QED) is 0.490. The maximum atomic E-state index is 12.9. The van der Waals surface area contributed by atoms with Crippen LogP contribution in [0.3, 0.4) is 0 Å². The fourth-order valence-electron chi connectivity index (χ4n) is 3.41. The van der Waals surface area contributed by atoms with Crippen LogP contribution in [0.1, 0.15) is 44.9 Å². The molecule has 29 heavy (non-hydrogen) atoms. The molecule has 0 saturated carbocycles. The molecule has 1 aliphatic heterocycles. The number of unbranched alkanes of at least 4 members (excludes halogenated alkanes) is 3. The van der Waals surface area contributed by atoms with Crippen LogP contribution in [0.15, 0.2) is 22.0 Å². The molecule has 7 nitrogen and oxygen atoms in total. The minimum Gasteiger partial charge on any atom is -0.379 e. The zero-order chi connectivity index (χ0) is 20.3. The molecule has 0 N–H and O–H groups in total. The van der Waals surface area contributed by atoms with Gasteiger partial charge in [-0.3, -0.25) is 9.69 Å². The van der Waals surface area contributed by atoms with E-state index in [2.05, 4.69) is 22.0 Å². The normalized spacial score (nSPS) is 14.9. The molecule has 0 radical (unpaired) electrons. The van der Waals surface area contributed by atoms with Gasteiger partial charge in [-0.25, -0.2) is 0 Å². The van der Waals surface area contributed by atoms with E-state index >= 15 is 0 Å². The highest BCUT2D eigenvalue weighted by Gasteiger charge is 2.18. The van der Waals surface area contributed by atoms with Crippen LogP contribution in [0.5, 0.6) is 0 Å². The second-order valence-corrected chi connectivity index (χ2v) is 8.33. The first kappa shape index (κ1) is 21.9. The first-order chi connectivity index (χ1) is 14.3. The molecule has 0 aromatic carbocycles. The van der Waals surface area contributed by atoms with E-state index in [0.717, 1.165) is 57.2 Å². The zero-order valence-corrected chi connectivity index (χ0v) is 18.2. The summed E-state index contributed by atoms with van der Waals surface area (Å²) >= 11 is 1.58. The lowest BCUT2D eigenvalue weighted by molar-refractivity contribution is -0.131. The summed E-state index contributed by atoms with van der Waals surface area (Å²) in [6.45, 7) is 8.18. The van der Waals surface area contributed by atoms with E-state index in [1.165, 1.54) is 19.3 Å². The number of nitrogens with zero attached hydrogens (tertiary/aromatic N) is 4. The lowest BCUT2D eigenvalue weighted by atomic mass is 10.2. The van der Waals surface area contributed by atoms with Crippen LogP contribution in [0.25, 0.3) is 10.7 Å². The SMILES string of the molecule is CCCCCCN(CCN1CCOCC1)C(=O)CCc1nc(-c2cccs2)no1. The van der Waals surface area contributed by atoms with Crippen LogP contribution in [0, 0.1) is 0 Å². The van der Waals surface area contributed by atoms with Gasteiger partial charge in [0, 0.05) is 45.6 Å². The van der Waals surface area contributed by atoms with Gasteiger partial charge < -0.3 is 14.2 Å². The molecule has 3 heterocycles. The fraction of sp³-hybridized carbons (Fsp3) is 0.667. The minimum atomic E-state index is 0.172. The summed E-state index contributed by atoms with van der Waals surface area (Å²) in [7, 11) is 0. The molecule has 0 spiro atoms. The highest BCUT2D eigenvalue weighted by molar-refractivity contribution is 7.13. The zero-order valence-electron chi connectivity index (χ0n) is 17.3. The third-order valence-corrected chi connectivity index (χ3v) is 6.05. The average Bonchev–Trinajstić information content (AvgIpc) is 3.44. The van der Waals surface area contributed by atoms with Crippen molar-refractivity contribution < 1.29 is 14.1 Å². The van der Waals surface area contributed by atoms with Gasteiger partial charge in [0.05, 0.1) is 18.1 Å². The van der Waals surface area contributed by atoms with Crippen molar-refractivity contribution >= 4 is 17.2 Å². The summed E-state index contributed by atoms with van der Waals surface area (Å²) in [4.78, 5) is 22.7. The van der Waals surface area contributed by atoms with Crippen LogP contribution < -0.4 is 0 Å². The van der Waals surface area contributed by atoms with E-state index in [9.17, 15) is 4.79 Å². The van der Waals surface area contributed by atoms with E-state index in [1.807, 2.05) is 22.4 Å². The Labute approximate surface area is 177 Å². The highest BCUT2D eigenvalue weighted by atomic mass is 32.1. The average molecular weight is 421 g/mol. The van der Waals surface area contributed by atoms with Crippen LogP contribution >= 0.6 is 11.3 Å². The second kappa shape index (κ2) is 12.0. The van der Waals surface area contributed by atoms with Crippen LogP contribution in [-0.4, -0.2) is 71.8 Å². The number of rotatable bonds is 12. The third-order valence-electron chi connectivity index (χ3n) is 5.19. The summed E-state index contributed by atoms with van der Waals surface area (Å²) in [5.74, 6) is 1.30. The number of carbonyl (C=O) groups is 1. The number of ether oxygens (including phenoxy) is 1. The molecule has 1 aliphatic rings. The molecule has 2 aromatic heterocycles. The molecule has 0 aliphatic carbocycles. The lowest BCUT2D eigenvalue weighted by Gasteiger charge is -2.30. The van der Waals surface area contributed by atoms with Crippen LogP contribution in [0.2, 0.25) is 0 Å². The first-order valence-electron chi connectivity index (χ1n) is 10.7. The minimum absolute atomic E-state index is 0.172. The van der Waals surface area contributed by atoms with Gasteiger partial charge >= 0.3 is 0 Å². The Morgan fingerprint density at radius 1 is 1.24 bits per heavy atom. The van der Waals surface area contributed by atoms with E-state index in [4.69, 9.17) is 9.26 Å². The largest absolute Gasteiger partial charge is 0.379 e. The number of thiophene rings is 1. The predicted octanol–water partition coefficient (Wildman–Crippen LogP) is 3.47. The monoisotopic (exact) mass is 420 g/mol. The Morgan fingerprint density at radius 2 is 2.10 bits per heavy atom. The van der Waals surface area contributed by atoms with Crippen molar-refractivity contribution in [2.45, 2.75) is 45.4 Å². The first-order valence-corrected chi connectivity index (χ1v) is 11.6. The van der Waals surface area contributed by atoms with Crippen molar-refractivity contribution in [2.24, 2.45) is 0 Å². The van der Waals surface area contributed by atoms with E-state index in [-0.39, 0.29) is 5.91 Å². The summed E-state index contributed by atoms with van der Waals surface area (Å²) in [5.41, 5.74) is 0. The maximum Gasteiger partial charge on any atom is 0.227 e. The molecule has 0 atom stereocenters. The van der Waals surface area contributed by atoms with Gasteiger partial charge in [0.1, 0.15) is 0 Å². The number of morpholine rings is 1. The molecule has 3 rings (SSSR count). The Kier molecular flexibility index (Phi) is 9.11. The molecule has 2 aromatic rings. The number of amides is 1. The van der Waals surface area contributed by atoms with Crippen molar-refractivity contribution in [3.05, 3.63) is 23.4 Å². The summed E-state index contributed by atoms with van der Waals surface area (Å²) < 4.78 is 10.8. The van der Waals surface area contributed by atoms with Gasteiger partial charge in [-0.05, 0) is 17.9 Å². The molecule has 0 bridgehead atoms. The van der Waals surface area contributed by atoms with Gasteiger partial charge in [0.25, 0.3) is 0 Å². The van der Waals surface area contributed by atoms with Gasteiger partial charge in [-0.1, -0.05) is 37.4 Å². The lowest BCUT2D eigenvalue weighted by Crippen LogP contribution is -2.43. The number of carbonyl (C=O) groups excluding carboxylic acids is 1. The molecular formula is C21H32N4O3S. The molecule has 0 unspecified atom stereocenters. The standard InChI is InChI=1S/C21H32N4O3S/c1-2-3-4-5-10-25(12-11-24-13-15-27-16-14-24)20(26)9-8-19-22-21(23-28-19)18-7-6-17-29-18/h6-7,17H,2-5,8-16H2,1H3. The molecule has 1 amide bonds. The summed E-state index contributed by atoms with van der Waals surface area (Å²) in [5, 5.41) is 6.02. The molecule has 160 valence electrons. The van der Waals surface area contributed by atoms with E-state index in [1.54, 1.807) is 11.3 Å². The van der Waals surface area contributed by atoms with E-state index < -0.39 is 0 Å². The molecule has 1 saturated heterocycles. The second-order valence-electron chi connectivity index (χ2n) is 7.38. The number of aryl methyl sites for hydroxylation is 1. The highest BCUT2D eigenvalue weighted by Crippen LogP contribution is 2.21. The van der Waals surface area contributed by atoms with Crippen molar-refractivity contribution in [2.75, 3.05) is 45.9 Å². The van der Waals surface area contributed by atoms with Crippen LogP contribution in [-0.2, 0) is 16.0 Å². The number of hydrogen-bond donors (Lipinski definition) is 0. The Balaban J connectivity index is 1.49. The molecule has 8 heteroatoms. The van der Waals surface area contributed by atoms with E-state index in [0.29, 0.717) is 24.6 Å². The van der Waals surface area contributed by atoms with Crippen molar-refractivity contribution in [3.63, 3.8) is 0 Å². The van der Waals surface area contributed by atoms with Gasteiger partial charge in [-0.2, -0.15) is 4.98 Å². The smallest absolute Gasteiger partial charge is 0.227 e. The Bertz CT molecular complexity index is 713. The molecular weight excluding hydrogens is 388 g/mol. The Morgan fingerprint density at radius 3 is 2.86 bits per heavy atom. The predicted molar refractivity (Wildman–Crippen MR) is 114 cm³/mol. The van der Waals surface area contributed by atoms with Crippen molar-refractivity contribution in [3.8, 4) is 10.7 Å². The maximum absolute atomic E-state index is 12.9. The Hall–Kier alpha value is -1.77. The van der Waals surface area contributed by atoms with Gasteiger partial charge in [0.15, 0.2) is 0 Å². The van der Waals surface area contributed by atoms with Crippen molar-refractivity contribution in [1.82, 2.24) is 19.9 Å². The van der Waals surface area contributed by atoms with Gasteiger partial charge in [0.2, 0.25) is 17.6 Å². The topological polar surface area (TPSA) is 71.7 Å². The third kappa shape index (κ3) is 7.21. The summed E-state index contributed by atoms with van der Waals surface area (Å²) in [6.07, 6.45) is 5.55. The number of aromatic nitrogens is 2.